The first-order valence-corrected chi connectivity index (χ1v) is 7.61. The zero-order chi connectivity index (χ0) is 16.3. The third-order valence-corrected chi connectivity index (χ3v) is 4.43. The summed E-state index contributed by atoms with van der Waals surface area (Å²) in [5.74, 6) is 0.439. The summed E-state index contributed by atoms with van der Waals surface area (Å²) in [5.41, 5.74) is 6.63. The van der Waals surface area contributed by atoms with E-state index in [2.05, 4.69) is 14.9 Å². The van der Waals surface area contributed by atoms with Crippen molar-refractivity contribution >= 4 is 5.91 Å². The first kappa shape index (κ1) is 15.4. The topological polar surface area (TPSA) is 81.3 Å². The normalized spacial score (nSPS) is 21.3. The highest BCUT2D eigenvalue weighted by Gasteiger charge is 2.48. The molecule has 0 radical (unpaired) electrons. The number of primary amides is 1. The predicted molar refractivity (Wildman–Crippen MR) is 85.5 cm³/mol. The number of rotatable bonds is 5. The van der Waals surface area contributed by atoms with E-state index >= 15 is 0 Å². The number of aromatic nitrogens is 2. The van der Waals surface area contributed by atoms with E-state index in [-0.39, 0.29) is 5.91 Å². The van der Waals surface area contributed by atoms with Crippen LogP contribution in [0, 0.1) is 0 Å². The van der Waals surface area contributed by atoms with Crippen LogP contribution in [0.1, 0.15) is 24.1 Å². The van der Waals surface area contributed by atoms with Crippen molar-refractivity contribution in [1.29, 1.82) is 0 Å². The first-order valence-electron chi connectivity index (χ1n) is 7.61. The van der Waals surface area contributed by atoms with Crippen LogP contribution in [0.5, 0.6) is 5.75 Å². The van der Waals surface area contributed by atoms with Crippen molar-refractivity contribution in [2.45, 2.75) is 24.9 Å². The fourth-order valence-electron chi connectivity index (χ4n) is 3.25. The maximum absolute atomic E-state index is 12.3. The van der Waals surface area contributed by atoms with Gasteiger partial charge in [-0.2, -0.15) is 0 Å². The van der Waals surface area contributed by atoms with Gasteiger partial charge in [0.2, 0.25) is 5.91 Å². The molecule has 1 aromatic carbocycles. The standard InChI is InChI=1S/C17H20N4O2/c1-23-14-5-3-13(4-6-14)12-21-10-2-7-17(21,16(18)22)15-11-19-8-9-20-15/h3-6,8-9,11H,2,7,10,12H2,1H3,(H2,18,22). The monoisotopic (exact) mass is 312 g/mol. The Hall–Kier alpha value is -2.47. The van der Waals surface area contributed by atoms with Crippen LogP contribution in [0.4, 0.5) is 0 Å². The van der Waals surface area contributed by atoms with E-state index in [4.69, 9.17) is 10.5 Å². The van der Waals surface area contributed by atoms with E-state index in [0.717, 1.165) is 24.3 Å². The van der Waals surface area contributed by atoms with Crippen molar-refractivity contribution in [2.75, 3.05) is 13.7 Å². The number of nitrogens with two attached hydrogens (primary N) is 1. The lowest BCUT2D eigenvalue weighted by molar-refractivity contribution is -0.129. The van der Waals surface area contributed by atoms with Gasteiger partial charge in [0.1, 0.15) is 11.3 Å². The molecule has 23 heavy (non-hydrogen) atoms. The summed E-state index contributed by atoms with van der Waals surface area (Å²) in [4.78, 5) is 22.9. The summed E-state index contributed by atoms with van der Waals surface area (Å²) >= 11 is 0. The second-order valence-corrected chi connectivity index (χ2v) is 5.69. The summed E-state index contributed by atoms with van der Waals surface area (Å²) < 4.78 is 5.18. The molecule has 2 aromatic rings. The Morgan fingerprint density at radius 1 is 1.35 bits per heavy atom. The van der Waals surface area contributed by atoms with Crippen molar-refractivity contribution in [3.63, 3.8) is 0 Å². The number of carbonyl (C=O) groups excluding carboxylic acids is 1. The minimum atomic E-state index is -0.881. The van der Waals surface area contributed by atoms with E-state index < -0.39 is 5.54 Å². The van der Waals surface area contributed by atoms with Crippen LogP contribution in [-0.2, 0) is 16.9 Å². The third kappa shape index (κ3) is 2.77. The smallest absolute Gasteiger partial charge is 0.244 e. The molecule has 6 nitrogen and oxygen atoms in total. The SMILES string of the molecule is COc1ccc(CN2CCCC2(C(N)=O)c2cnccn2)cc1. The number of methoxy groups -OCH3 is 1. The van der Waals surface area contributed by atoms with Gasteiger partial charge in [0, 0.05) is 18.9 Å². The van der Waals surface area contributed by atoms with Gasteiger partial charge in [0.05, 0.1) is 19.0 Å². The summed E-state index contributed by atoms with van der Waals surface area (Å²) in [7, 11) is 1.64. The molecule has 120 valence electrons. The lowest BCUT2D eigenvalue weighted by Crippen LogP contribution is -2.51. The van der Waals surface area contributed by atoms with Gasteiger partial charge in [0.15, 0.2) is 0 Å². The Balaban J connectivity index is 1.91. The van der Waals surface area contributed by atoms with E-state index in [1.54, 1.807) is 25.7 Å². The van der Waals surface area contributed by atoms with Crippen LogP contribution in [0.3, 0.4) is 0 Å². The van der Waals surface area contributed by atoms with Gasteiger partial charge in [-0.15, -0.1) is 0 Å². The number of benzene rings is 1. The van der Waals surface area contributed by atoms with Gasteiger partial charge >= 0.3 is 0 Å². The highest BCUT2D eigenvalue weighted by atomic mass is 16.5. The van der Waals surface area contributed by atoms with Crippen LogP contribution in [0.15, 0.2) is 42.9 Å². The molecule has 0 saturated carbocycles. The minimum Gasteiger partial charge on any atom is -0.497 e. The quantitative estimate of drug-likeness (QED) is 0.904. The van der Waals surface area contributed by atoms with Crippen LogP contribution in [0.2, 0.25) is 0 Å². The summed E-state index contributed by atoms with van der Waals surface area (Å²) in [6.07, 6.45) is 6.40. The van der Waals surface area contributed by atoms with Crippen molar-refractivity contribution in [2.24, 2.45) is 5.73 Å². The Morgan fingerprint density at radius 3 is 2.74 bits per heavy atom. The number of ether oxygens (including phenoxy) is 1. The van der Waals surface area contributed by atoms with Crippen LogP contribution in [0.25, 0.3) is 0 Å². The molecule has 1 fully saturated rings. The molecular weight excluding hydrogens is 292 g/mol. The first-order chi connectivity index (χ1) is 11.2. The van der Waals surface area contributed by atoms with Gasteiger partial charge in [-0.25, -0.2) is 0 Å². The molecule has 0 aliphatic carbocycles. The van der Waals surface area contributed by atoms with Gasteiger partial charge in [-0.3, -0.25) is 19.7 Å². The molecule has 1 aromatic heterocycles. The maximum Gasteiger partial charge on any atom is 0.244 e. The second kappa shape index (κ2) is 6.34. The number of nitrogens with zero attached hydrogens (tertiary/aromatic N) is 3. The molecule has 3 rings (SSSR count). The van der Waals surface area contributed by atoms with E-state index in [0.29, 0.717) is 18.7 Å². The Labute approximate surface area is 135 Å². The lowest BCUT2D eigenvalue weighted by atomic mass is 9.91. The number of hydrogen-bond donors (Lipinski definition) is 1. The van der Waals surface area contributed by atoms with Gasteiger partial charge in [-0.1, -0.05) is 12.1 Å². The van der Waals surface area contributed by atoms with Crippen molar-refractivity contribution in [3.8, 4) is 5.75 Å². The van der Waals surface area contributed by atoms with Crippen LogP contribution >= 0.6 is 0 Å². The molecule has 6 heteroatoms. The molecule has 1 unspecified atom stereocenters. The summed E-state index contributed by atoms with van der Waals surface area (Å²) in [6, 6.07) is 7.83. The average molecular weight is 312 g/mol. The Bertz CT molecular complexity index is 675. The largest absolute Gasteiger partial charge is 0.497 e. The zero-order valence-corrected chi connectivity index (χ0v) is 13.1. The lowest BCUT2D eigenvalue weighted by Gasteiger charge is -2.35. The molecule has 1 saturated heterocycles. The van der Waals surface area contributed by atoms with E-state index in [1.165, 1.54) is 0 Å². The van der Waals surface area contributed by atoms with Crippen LogP contribution in [-0.4, -0.2) is 34.4 Å². The number of amides is 1. The minimum absolute atomic E-state index is 0.371. The fraction of sp³-hybridized carbons (Fsp3) is 0.353. The average Bonchev–Trinajstić information content (AvgIpc) is 3.01. The molecular formula is C17H20N4O2. The fourth-order valence-corrected chi connectivity index (χ4v) is 3.25. The Morgan fingerprint density at radius 2 is 2.13 bits per heavy atom. The second-order valence-electron chi connectivity index (χ2n) is 5.69. The van der Waals surface area contributed by atoms with Crippen molar-refractivity contribution in [3.05, 3.63) is 54.1 Å². The Kier molecular flexibility index (Phi) is 4.25. The van der Waals surface area contributed by atoms with E-state index in [1.807, 2.05) is 24.3 Å². The molecule has 1 aliphatic heterocycles. The van der Waals surface area contributed by atoms with Gasteiger partial charge in [0.25, 0.3) is 0 Å². The molecule has 0 spiro atoms. The highest BCUT2D eigenvalue weighted by Crippen LogP contribution is 2.38. The number of carbonyl (C=O) groups is 1. The molecule has 0 bridgehead atoms. The van der Waals surface area contributed by atoms with Gasteiger partial charge in [-0.05, 0) is 37.1 Å². The molecule has 1 amide bonds. The van der Waals surface area contributed by atoms with Crippen molar-refractivity contribution < 1.29 is 9.53 Å². The summed E-state index contributed by atoms with van der Waals surface area (Å²) in [6.45, 7) is 1.43. The number of hydrogen-bond acceptors (Lipinski definition) is 5. The maximum atomic E-state index is 12.3. The third-order valence-electron chi connectivity index (χ3n) is 4.43. The predicted octanol–water partition coefficient (Wildman–Crippen LogP) is 1.46. The highest BCUT2D eigenvalue weighted by molar-refractivity contribution is 5.86. The number of likely N-dealkylation sites (tertiary alicyclic amines) is 1. The van der Waals surface area contributed by atoms with E-state index in [9.17, 15) is 4.79 Å². The molecule has 2 heterocycles. The summed E-state index contributed by atoms with van der Waals surface area (Å²) in [5, 5.41) is 0. The molecule has 1 aliphatic rings. The zero-order valence-electron chi connectivity index (χ0n) is 13.1. The van der Waals surface area contributed by atoms with Gasteiger partial charge < -0.3 is 10.5 Å². The van der Waals surface area contributed by atoms with Crippen molar-refractivity contribution in [1.82, 2.24) is 14.9 Å². The molecule has 1 atom stereocenters. The molecule has 2 N–H and O–H groups in total. The van der Waals surface area contributed by atoms with Crippen LogP contribution < -0.4 is 10.5 Å².